The lowest BCUT2D eigenvalue weighted by molar-refractivity contribution is 0.240. The smallest absolute Gasteiger partial charge is 0.315 e. The van der Waals surface area contributed by atoms with E-state index in [1.165, 1.54) is 12.1 Å². The summed E-state index contributed by atoms with van der Waals surface area (Å²) in [5.74, 6) is 0.363. The van der Waals surface area contributed by atoms with Crippen molar-refractivity contribution in [1.82, 2.24) is 15.6 Å². The maximum Gasteiger partial charge on any atom is 0.315 e. The molecule has 0 radical (unpaired) electrons. The fourth-order valence-corrected chi connectivity index (χ4v) is 2.48. The number of rotatable bonds is 6. The van der Waals surface area contributed by atoms with E-state index in [1.54, 1.807) is 30.5 Å². The van der Waals surface area contributed by atoms with Gasteiger partial charge in [0, 0.05) is 31.4 Å². The number of urea groups is 1. The first-order valence-electron chi connectivity index (χ1n) is 8.54. The molecule has 0 saturated heterocycles. The predicted octanol–water partition coefficient (Wildman–Crippen LogP) is 4.32. The Kier molecular flexibility index (Phi) is 5.99. The number of hydrogen-bond donors (Lipinski definition) is 2. The normalized spacial score (nSPS) is 10.3. The molecule has 0 aliphatic rings. The molecular formula is C21H20FN3O2. The molecule has 1 heterocycles. The van der Waals surface area contributed by atoms with E-state index in [2.05, 4.69) is 15.6 Å². The van der Waals surface area contributed by atoms with Crippen molar-refractivity contribution in [2.24, 2.45) is 0 Å². The van der Waals surface area contributed by atoms with Gasteiger partial charge in [0.2, 0.25) is 5.88 Å². The molecule has 5 nitrogen and oxygen atoms in total. The number of halogens is 1. The Labute approximate surface area is 157 Å². The Balaban J connectivity index is 1.46. The highest BCUT2D eigenvalue weighted by Crippen LogP contribution is 2.19. The fraction of sp³-hybridized carbons (Fsp3) is 0.143. The average Bonchev–Trinajstić information content (AvgIpc) is 2.66. The summed E-state index contributed by atoms with van der Waals surface area (Å²) in [7, 11) is 0. The number of carbonyl (C=O) groups excluding carboxylic acids is 1. The summed E-state index contributed by atoms with van der Waals surface area (Å²) in [6.07, 6.45) is 1.61. The molecular weight excluding hydrogens is 345 g/mol. The quantitative estimate of drug-likeness (QED) is 0.684. The van der Waals surface area contributed by atoms with Crippen molar-refractivity contribution >= 4 is 6.03 Å². The molecule has 3 aromatic rings. The molecule has 0 bridgehead atoms. The van der Waals surface area contributed by atoms with Crippen LogP contribution in [0.5, 0.6) is 11.6 Å². The molecule has 0 spiro atoms. The summed E-state index contributed by atoms with van der Waals surface area (Å²) < 4.78 is 18.6. The van der Waals surface area contributed by atoms with Gasteiger partial charge in [0.15, 0.2) is 0 Å². The summed E-state index contributed by atoms with van der Waals surface area (Å²) in [6.45, 7) is 2.82. The molecule has 2 amide bonds. The van der Waals surface area contributed by atoms with Gasteiger partial charge in [0.1, 0.15) is 11.6 Å². The van der Waals surface area contributed by atoms with Gasteiger partial charge in [0.25, 0.3) is 0 Å². The third-order valence-corrected chi connectivity index (χ3v) is 3.80. The number of pyridine rings is 1. The zero-order valence-corrected chi connectivity index (χ0v) is 14.9. The zero-order valence-electron chi connectivity index (χ0n) is 14.9. The molecule has 0 unspecified atom stereocenters. The van der Waals surface area contributed by atoms with Crippen molar-refractivity contribution in [2.75, 3.05) is 0 Å². The molecule has 2 aromatic carbocycles. The molecule has 2 N–H and O–H groups in total. The van der Waals surface area contributed by atoms with E-state index in [1.807, 2.05) is 31.2 Å². The van der Waals surface area contributed by atoms with Crippen LogP contribution in [0, 0.1) is 12.7 Å². The first-order chi connectivity index (χ1) is 13.1. The van der Waals surface area contributed by atoms with Gasteiger partial charge in [0.05, 0.1) is 0 Å². The zero-order chi connectivity index (χ0) is 19.1. The van der Waals surface area contributed by atoms with Crippen LogP contribution in [0.4, 0.5) is 9.18 Å². The molecule has 27 heavy (non-hydrogen) atoms. The summed E-state index contributed by atoms with van der Waals surface area (Å²) in [5.41, 5.74) is 3.03. The minimum absolute atomic E-state index is 0.253. The highest BCUT2D eigenvalue weighted by atomic mass is 19.1. The van der Waals surface area contributed by atoms with Crippen LogP contribution in [0.1, 0.15) is 16.7 Å². The number of aryl methyl sites for hydroxylation is 1. The maximum atomic E-state index is 13.2. The van der Waals surface area contributed by atoms with Crippen molar-refractivity contribution in [3.05, 3.63) is 89.4 Å². The fourth-order valence-electron chi connectivity index (χ4n) is 2.48. The van der Waals surface area contributed by atoms with E-state index in [4.69, 9.17) is 4.74 Å². The highest BCUT2D eigenvalue weighted by Gasteiger charge is 2.03. The number of carbonyl (C=O) groups is 1. The Morgan fingerprint density at radius 2 is 1.78 bits per heavy atom. The molecule has 138 valence electrons. The number of amides is 2. The number of ether oxygens (including phenoxy) is 1. The van der Waals surface area contributed by atoms with E-state index < -0.39 is 0 Å². The second kappa shape index (κ2) is 8.80. The third-order valence-electron chi connectivity index (χ3n) is 3.80. The van der Waals surface area contributed by atoms with Crippen LogP contribution in [-0.4, -0.2) is 11.0 Å². The Hall–Kier alpha value is -3.41. The van der Waals surface area contributed by atoms with E-state index in [0.29, 0.717) is 24.7 Å². The van der Waals surface area contributed by atoms with E-state index in [0.717, 1.165) is 16.7 Å². The topological polar surface area (TPSA) is 63.2 Å². The molecule has 6 heteroatoms. The monoisotopic (exact) mass is 365 g/mol. The van der Waals surface area contributed by atoms with Gasteiger partial charge in [-0.15, -0.1) is 0 Å². The van der Waals surface area contributed by atoms with Crippen LogP contribution >= 0.6 is 0 Å². The van der Waals surface area contributed by atoms with Gasteiger partial charge in [-0.1, -0.05) is 42.0 Å². The molecule has 1 aromatic heterocycles. The second-order valence-corrected chi connectivity index (χ2v) is 6.09. The number of hydrogen-bond acceptors (Lipinski definition) is 3. The lowest BCUT2D eigenvalue weighted by Gasteiger charge is -2.09. The van der Waals surface area contributed by atoms with Gasteiger partial charge >= 0.3 is 6.03 Å². The SMILES string of the molecule is Cc1cccc(CNC(=O)NCc2ccc(Oc3cccc(F)c3)nc2)c1. The highest BCUT2D eigenvalue weighted by molar-refractivity contribution is 5.73. The largest absolute Gasteiger partial charge is 0.439 e. The van der Waals surface area contributed by atoms with Crippen molar-refractivity contribution in [3.63, 3.8) is 0 Å². The number of nitrogens with zero attached hydrogens (tertiary/aromatic N) is 1. The minimum Gasteiger partial charge on any atom is -0.439 e. The van der Waals surface area contributed by atoms with Crippen LogP contribution in [0.3, 0.4) is 0 Å². The van der Waals surface area contributed by atoms with Gasteiger partial charge in [-0.25, -0.2) is 14.2 Å². The molecule has 3 rings (SSSR count). The number of aromatic nitrogens is 1. The first kappa shape index (κ1) is 18.4. The van der Waals surface area contributed by atoms with Crippen LogP contribution in [0.2, 0.25) is 0 Å². The first-order valence-corrected chi connectivity index (χ1v) is 8.54. The van der Waals surface area contributed by atoms with Crippen LogP contribution in [0.15, 0.2) is 66.9 Å². The molecule has 0 saturated carbocycles. The minimum atomic E-state index is -0.370. The number of nitrogens with one attached hydrogen (secondary N) is 2. The standard InChI is InChI=1S/C21H20FN3O2/c1-15-4-2-5-16(10-15)12-24-21(26)25-14-17-8-9-20(23-13-17)27-19-7-3-6-18(22)11-19/h2-11,13H,12,14H2,1H3,(H2,24,25,26). The van der Waals surface area contributed by atoms with E-state index in [9.17, 15) is 9.18 Å². The maximum absolute atomic E-state index is 13.2. The van der Waals surface area contributed by atoms with Gasteiger partial charge in [-0.05, 0) is 30.2 Å². The number of benzene rings is 2. The molecule has 0 atom stereocenters. The predicted molar refractivity (Wildman–Crippen MR) is 101 cm³/mol. The Morgan fingerprint density at radius 1 is 1.00 bits per heavy atom. The Bertz CT molecular complexity index is 913. The summed E-state index contributed by atoms with van der Waals surface area (Å²) >= 11 is 0. The van der Waals surface area contributed by atoms with Gasteiger partial charge < -0.3 is 15.4 Å². The van der Waals surface area contributed by atoms with Crippen molar-refractivity contribution < 1.29 is 13.9 Å². The van der Waals surface area contributed by atoms with Crippen LogP contribution in [0.25, 0.3) is 0 Å². The second-order valence-electron chi connectivity index (χ2n) is 6.09. The lowest BCUT2D eigenvalue weighted by atomic mass is 10.1. The molecule has 0 aliphatic carbocycles. The van der Waals surface area contributed by atoms with Crippen LogP contribution < -0.4 is 15.4 Å². The van der Waals surface area contributed by atoms with Gasteiger partial charge in [-0.3, -0.25) is 0 Å². The van der Waals surface area contributed by atoms with Crippen LogP contribution in [-0.2, 0) is 13.1 Å². The summed E-state index contributed by atoms with van der Waals surface area (Å²) in [6, 6.07) is 17.0. The summed E-state index contributed by atoms with van der Waals surface area (Å²) in [4.78, 5) is 16.1. The van der Waals surface area contributed by atoms with Crippen molar-refractivity contribution in [3.8, 4) is 11.6 Å². The van der Waals surface area contributed by atoms with Crippen molar-refractivity contribution in [2.45, 2.75) is 20.0 Å². The third kappa shape index (κ3) is 5.81. The van der Waals surface area contributed by atoms with Gasteiger partial charge in [-0.2, -0.15) is 0 Å². The Morgan fingerprint density at radius 3 is 2.48 bits per heavy atom. The van der Waals surface area contributed by atoms with E-state index >= 15 is 0 Å². The molecule has 0 aliphatic heterocycles. The average molecular weight is 365 g/mol. The molecule has 0 fully saturated rings. The summed E-state index contributed by atoms with van der Waals surface area (Å²) in [5, 5.41) is 5.60. The van der Waals surface area contributed by atoms with Crippen molar-refractivity contribution in [1.29, 1.82) is 0 Å². The lowest BCUT2D eigenvalue weighted by Crippen LogP contribution is -2.34. The van der Waals surface area contributed by atoms with E-state index in [-0.39, 0.29) is 11.8 Å².